The minimum Gasteiger partial charge on any atom is -0.301 e. The third-order valence-corrected chi connectivity index (χ3v) is 7.47. The van der Waals surface area contributed by atoms with Gasteiger partial charge in [0.2, 0.25) is 0 Å². The highest BCUT2D eigenvalue weighted by Gasteiger charge is 2.31. The van der Waals surface area contributed by atoms with Gasteiger partial charge in [0, 0.05) is 38.8 Å². The van der Waals surface area contributed by atoms with E-state index in [1.54, 1.807) is 5.56 Å². The summed E-state index contributed by atoms with van der Waals surface area (Å²) < 4.78 is 0. The molecule has 2 heteroatoms. The molecule has 1 aromatic carbocycles. The fraction of sp³-hybridized carbons (Fsp3) is 0.760. The zero-order chi connectivity index (χ0) is 19.4. The summed E-state index contributed by atoms with van der Waals surface area (Å²) in [6.45, 7) is 18.4. The first-order chi connectivity index (χ1) is 12.9. The third kappa shape index (κ3) is 5.57. The summed E-state index contributed by atoms with van der Waals surface area (Å²) in [6, 6.07) is 12.0. The SMILES string of the molecule is CC(C)C1CC(c2ccccc2)CN(CCN2CC(C(C)C)CCC2C)C1. The van der Waals surface area contributed by atoms with Crippen LogP contribution in [0.5, 0.6) is 0 Å². The van der Waals surface area contributed by atoms with Crippen LogP contribution in [0.25, 0.3) is 0 Å². The highest BCUT2D eigenvalue weighted by molar-refractivity contribution is 5.20. The topological polar surface area (TPSA) is 6.48 Å². The van der Waals surface area contributed by atoms with Gasteiger partial charge in [0.05, 0.1) is 0 Å². The number of hydrogen-bond donors (Lipinski definition) is 0. The highest BCUT2D eigenvalue weighted by Crippen LogP contribution is 2.34. The molecule has 0 N–H and O–H groups in total. The van der Waals surface area contributed by atoms with Crippen LogP contribution in [0.2, 0.25) is 0 Å². The van der Waals surface area contributed by atoms with Gasteiger partial charge in [-0.15, -0.1) is 0 Å². The number of benzene rings is 1. The summed E-state index contributed by atoms with van der Waals surface area (Å²) in [7, 11) is 0. The molecule has 0 aliphatic carbocycles. The van der Waals surface area contributed by atoms with Crippen LogP contribution >= 0.6 is 0 Å². The zero-order valence-electron chi connectivity index (χ0n) is 18.4. The Kier molecular flexibility index (Phi) is 7.39. The lowest BCUT2D eigenvalue weighted by molar-refractivity contribution is 0.0663. The average Bonchev–Trinajstić information content (AvgIpc) is 2.67. The van der Waals surface area contributed by atoms with Gasteiger partial charge in [0.1, 0.15) is 0 Å². The first-order valence-corrected chi connectivity index (χ1v) is 11.4. The molecule has 2 aliphatic rings. The van der Waals surface area contributed by atoms with E-state index < -0.39 is 0 Å². The van der Waals surface area contributed by atoms with E-state index in [9.17, 15) is 0 Å². The van der Waals surface area contributed by atoms with Crippen molar-refractivity contribution in [2.24, 2.45) is 23.7 Å². The van der Waals surface area contributed by atoms with Crippen molar-refractivity contribution < 1.29 is 0 Å². The Bertz CT molecular complexity index is 553. The van der Waals surface area contributed by atoms with Gasteiger partial charge in [-0.1, -0.05) is 58.0 Å². The van der Waals surface area contributed by atoms with Crippen molar-refractivity contribution in [3.05, 3.63) is 35.9 Å². The minimum absolute atomic E-state index is 0.703. The molecule has 0 bridgehead atoms. The van der Waals surface area contributed by atoms with Crippen LogP contribution in [0, 0.1) is 23.7 Å². The monoisotopic (exact) mass is 370 g/mol. The normalized spacial score (nSPS) is 30.9. The minimum atomic E-state index is 0.703. The summed E-state index contributed by atoms with van der Waals surface area (Å²) in [4.78, 5) is 5.56. The van der Waals surface area contributed by atoms with E-state index in [2.05, 4.69) is 74.8 Å². The largest absolute Gasteiger partial charge is 0.301 e. The van der Waals surface area contributed by atoms with Gasteiger partial charge in [-0.2, -0.15) is 0 Å². The van der Waals surface area contributed by atoms with Crippen LogP contribution in [0.3, 0.4) is 0 Å². The van der Waals surface area contributed by atoms with Gasteiger partial charge in [-0.3, -0.25) is 4.90 Å². The van der Waals surface area contributed by atoms with Gasteiger partial charge in [-0.25, -0.2) is 0 Å². The molecule has 0 amide bonds. The molecule has 2 fully saturated rings. The van der Waals surface area contributed by atoms with Crippen LogP contribution in [0.1, 0.15) is 65.4 Å². The molecule has 0 saturated carbocycles. The summed E-state index contributed by atoms with van der Waals surface area (Å²) in [5.74, 6) is 4.02. The summed E-state index contributed by atoms with van der Waals surface area (Å²) in [5.41, 5.74) is 1.54. The molecule has 3 rings (SSSR count). The second-order valence-corrected chi connectivity index (χ2v) is 10.0. The van der Waals surface area contributed by atoms with E-state index in [0.717, 1.165) is 29.7 Å². The van der Waals surface area contributed by atoms with Crippen molar-refractivity contribution in [1.82, 2.24) is 9.80 Å². The summed E-state index contributed by atoms with van der Waals surface area (Å²) in [6.07, 6.45) is 4.16. The molecule has 2 saturated heterocycles. The Labute approximate surface area is 168 Å². The number of nitrogens with zero attached hydrogens (tertiary/aromatic N) is 2. The van der Waals surface area contributed by atoms with E-state index in [1.165, 1.54) is 52.0 Å². The lowest BCUT2D eigenvalue weighted by Crippen LogP contribution is -2.49. The second kappa shape index (κ2) is 9.56. The second-order valence-electron chi connectivity index (χ2n) is 10.0. The van der Waals surface area contributed by atoms with Gasteiger partial charge in [0.25, 0.3) is 0 Å². The number of likely N-dealkylation sites (tertiary alicyclic amines) is 2. The number of hydrogen-bond acceptors (Lipinski definition) is 2. The molecule has 2 nitrogen and oxygen atoms in total. The van der Waals surface area contributed by atoms with Crippen molar-refractivity contribution >= 4 is 0 Å². The molecule has 4 unspecified atom stereocenters. The maximum atomic E-state index is 2.78. The maximum absolute atomic E-state index is 2.78. The molecule has 152 valence electrons. The molecule has 1 aromatic rings. The maximum Gasteiger partial charge on any atom is 0.0112 e. The predicted molar refractivity (Wildman–Crippen MR) is 117 cm³/mol. The predicted octanol–water partition coefficient (Wildman–Crippen LogP) is 5.50. The quantitative estimate of drug-likeness (QED) is 0.652. The molecular formula is C25H42N2. The lowest BCUT2D eigenvalue weighted by Gasteiger charge is -2.43. The number of piperidine rings is 2. The molecule has 0 radical (unpaired) electrons. The van der Waals surface area contributed by atoms with Crippen LogP contribution in [0.15, 0.2) is 30.3 Å². The Morgan fingerprint density at radius 3 is 2.22 bits per heavy atom. The van der Waals surface area contributed by atoms with Crippen molar-refractivity contribution in [3.8, 4) is 0 Å². The Hall–Kier alpha value is -0.860. The van der Waals surface area contributed by atoms with Crippen molar-refractivity contribution in [2.75, 3.05) is 32.7 Å². The van der Waals surface area contributed by atoms with Gasteiger partial charge in [-0.05, 0) is 61.3 Å². The van der Waals surface area contributed by atoms with E-state index in [1.807, 2.05) is 0 Å². The Morgan fingerprint density at radius 1 is 0.852 bits per heavy atom. The molecule has 2 aliphatic heterocycles. The Balaban J connectivity index is 1.61. The van der Waals surface area contributed by atoms with Crippen molar-refractivity contribution in [1.29, 1.82) is 0 Å². The molecule has 27 heavy (non-hydrogen) atoms. The van der Waals surface area contributed by atoms with E-state index in [-0.39, 0.29) is 0 Å². The van der Waals surface area contributed by atoms with Crippen LogP contribution in [0.4, 0.5) is 0 Å². The fourth-order valence-electron chi connectivity index (χ4n) is 5.20. The zero-order valence-corrected chi connectivity index (χ0v) is 18.4. The van der Waals surface area contributed by atoms with Gasteiger partial charge in [0.15, 0.2) is 0 Å². The summed E-state index contributed by atoms with van der Waals surface area (Å²) in [5, 5.41) is 0. The van der Waals surface area contributed by atoms with Gasteiger partial charge >= 0.3 is 0 Å². The molecule has 0 spiro atoms. The first kappa shape index (κ1) is 20.9. The smallest absolute Gasteiger partial charge is 0.0112 e. The van der Waals surface area contributed by atoms with E-state index >= 15 is 0 Å². The summed E-state index contributed by atoms with van der Waals surface area (Å²) >= 11 is 0. The van der Waals surface area contributed by atoms with E-state index in [4.69, 9.17) is 0 Å². The van der Waals surface area contributed by atoms with Crippen LogP contribution in [-0.4, -0.2) is 48.6 Å². The van der Waals surface area contributed by atoms with E-state index in [0.29, 0.717) is 5.92 Å². The molecule has 2 heterocycles. The van der Waals surface area contributed by atoms with Gasteiger partial charge < -0.3 is 4.90 Å². The van der Waals surface area contributed by atoms with Crippen molar-refractivity contribution in [2.45, 2.75) is 65.8 Å². The molecule has 4 atom stereocenters. The fourth-order valence-corrected chi connectivity index (χ4v) is 5.20. The highest BCUT2D eigenvalue weighted by atomic mass is 15.2. The standard InChI is InChI=1S/C25H42N2/c1-19(2)23-12-11-21(5)27(18-23)14-13-26-16-24(20(3)4)15-25(17-26)22-9-7-6-8-10-22/h6-10,19-21,23-25H,11-18H2,1-5H3. The first-order valence-electron chi connectivity index (χ1n) is 11.4. The van der Waals surface area contributed by atoms with Crippen LogP contribution < -0.4 is 0 Å². The average molecular weight is 371 g/mol. The number of rotatable bonds is 6. The molecule has 0 aromatic heterocycles. The third-order valence-electron chi connectivity index (χ3n) is 7.47. The Morgan fingerprint density at radius 2 is 1.56 bits per heavy atom. The van der Waals surface area contributed by atoms with Crippen molar-refractivity contribution in [3.63, 3.8) is 0 Å². The molecular weight excluding hydrogens is 328 g/mol. The van der Waals surface area contributed by atoms with Crippen LogP contribution in [-0.2, 0) is 0 Å². The lowest BCUT2D eigenvalue weighted by atomic mass is 9.79.